The molecule has 0 aliphatic carbocycles. The van der Waals surface area contributed by atoms with Crippen LogP contribution in [0, 0.1) is 10.1 Å². The van der Waals surface area contributed by atoms with E-state index in [4.69, 9.17) is 5.73 Å². The Bertz CT molecular complexity index is 640. The molecule has 0 spiro atoms. The summed E-state index contributed by atoms with van der Waals surface area (Å²) >= 11 is 0. The van der Waals surface area contributed by atoms with E-state index in [0.29, 0.717) is 5.82 Å². The number of benzene rings is 1. The Balaban J connectivity index is 2.28. The van der Waals surface area contributed by atoms with Crippen molar-refractivity contribution in [1.29, 1.82) is 0 Å². The van der Waals surface area contributed by atoms with Gasteiger partial charge in [0.05, 0.1) is 11.5 Å². The summed E-state index contributed by atoms with van der Waals surface area (Å²) in [6.07, 6.45) is 1.32. The molecule has 0 aliphatic heterocycles. The molecule has 0 saturated carbocycles. The van der Waals surface area contributed by atoms with Crippen molar-refractivity contribution in [2.24, 2.45) is 0 Å². The molecule has 2 aromatic rings. The van der Waals surface area contributed by atoms with E-state index >= 15 is 0 Å². The molecule has 1 aromatic heterocycles. The molecule has 20 heavy (non-hydrogen) atoms. The minimum Gasteiger partial charge on any atom is -0.399 e. The number of nitrogen functional groups attached to an aromatic ring is 1. The summed E-state index contributed by atoms with van der Waals surface area (Å²) in [6, 6.07) is 3.88. The number of nitro groups is 1. The van der Waals surface area contributed by atoms with E-state index in [0.717, 1.165) is 0 Å². The third kappa shape index (κ3) is 2.71. The molecular weight excluding hydrogens is 264 g/mol. The molecular formula is C11H12N6O3. The molecule has 104 valence electrons. The van der Waals surface area contributed by atoms with Crippen LogP contribution in [0.5, 0.6) is 0 Å². The van der Waals surface area contributed by atoms with Gasteiger partial charge in [-0.1, -0.05) is 0 Å². The lowest BCUT2D eigenvalue weighted by Gasteiger charge is -2.15. The van der Waals surface area contributed by atoms with Crippen molar-refractivity contribution in [3.05, 3.63) is 46.0 Å². The van der Waals surface area contributed by atoms with Crippen molar-refractivity contribution < 1.29 is 9.72 Å². The summed E-state index contributed by atoms with van der Waals surface area (Å²) < 4.78 is 0. The van der Waals surface area contributed by atoms with Gasteiger partial charge in [-0.05, 0) is 12.1 Å². The van der Waals surface area contributed by atoms with Crippen LogP contribution < -0.4 is 5.73 Å². The number of H-pyrrole nitrogens is 1. The Morgan fingerprint density at radius 1 is 1.55 bits per heavy atom. The summed E-state index contributed by atoms with van der Waals surface area (Å²) in [7, 11) is 1.51. The number of aromatic amines is 1. The number of nitrogens with one attached hydrogen (secondary N) is 1. The molecule has 9 heteroatoms. The molecule has 0 fully saturated rings. The average molecular weight is 276 g/mol. The number of nitrogens with zero attached hydrogens (tertiary/aromatic N) is 4. The largest absolute Gasteiger partial charge is 0.399 e. The fourth-order valence-electron chi connectivity index (χ4n) is 1.69. The summed E-state index contributed by atoms with van der Waals surface area (Å²) in [5.74, 6) is -0.0344. The van der Waals surface area contributed by atoms with Crippen molar-refractivity contribution in [3.63, 3.8) is 0 Å². The second kappa shape index (κ2) is 5.34. The minimum atomic E-state index is -0.616. The third-order valence-electron chi connectivity index (χ3n) is 2.65. The second-order valence-electron chi connectivity index (χ2n) is 4.13. The molecule has 0 saturated heterocycles. The second-order valence-corrected chi connectivity index (χ2v) is 4.13. The third-order valence-corrected chi connectivity index (χ3v) is 2.65. The molecule has 9 nitrogen and oxygen atoms in total. The number of nitrogens with two attached hydrogens (primary N) is 1. The van der Waals surface area contributed by atoms with E-state index in [9.17, 15) is 14.9 Å². The first-order valence-electron chi connectivity index (χ1n) is 5.62. The van der Waals surface area contributed by atoms with Gasteiger partial charge in [-0.25, -0.2) is 4.98 Å². The molecule has 1 heterocycles. The zero-order valence-electron chi connectivity index (χ0n) is 10.6. The zero-order chi connectivity index (χ0) is 14.7. The lowest BCUT2D eigenvalue weighted by Crippen LogP contribution is -2.27. The van der Waals surface area contributed by atoms with Gasteiger partial charge in [0.15, 0.2) is 0 Å². The maximum atomic E-state index is 12.3. The van der Waals surface area contributed by atoms with Crippen LogP contribution in [-0.4, -0.2) is 38.0 Å². The van der Waals surface area contributed by atoms with Crippen LogP contribution in [0.2, 0.25) is 0 Å². The normalized spacial score (nSPS) is 10.2. The van der Waals surface area contributed by atoms with Gasteiger partial charge >= 0.3 is 0 Å². The number of hydrogen-bond donors (Lipinski definition) is 2. The van der Waals surface area contributed by atoms with Crippen LogP contribution in [0.4, 0.5) is 11.4 Å². The van der Waals surface area contributed by atoms with E-state index < -0.39 is 10.8 Å². The summed E-state index contributed by atoms with van der Waals surface area (Å²) in [6.45, 7) is 0.158. The highest BCUT2D eigenvalue weighted by atomic mass is 16.6. The van der Waals surface area contributed by atoms with Gasteiger partial charge in [0.2, 0.25) is 0 Å². The highest BCUT2D eigenvalue weighted by Gasteiger charge is 2.23. The van der Waals surface area contributed by atoms with Crippen molar-refractivity contribution in [1.82, 2.24) is 20.1 Å². The van der Waals surface area contributed by atoms with Gasteiger partial charge in [0, 0.05) is 18.8 Å². The molecule has 2 rings (SSSR count). The van der Waals surface area contributed by atoms with Crippen molar-refractivity contribution in [2.75, 3.05) is 12.8 Å². The van der Waals surface area contributed by atoms with Crippen molar-refractivity contribution in [2.45, 2.75) is 6.54 Å². The standard InChI is InChI=1S/C11H12N6O3/c1-16(5-10-13-6-14-15-10)11(18)8-4-7(12)2-3-9(8)17(19)20/h2-4,6H,5,12H2,1H3,(H,13,14,15). The first-order chi connectivity index (χ1) is 9.49. The van der Waals surface area contributed by atoms with E-state index in [2.05, 4.69) is 15.2 Å². The topological polar surface area (TPSA) is 131 Å². The number of nitro benzene ring substituents is 1. The molecule has 0 unspecified atom stereocenters. The molecule has 0 bridgehead atoms. The van der Waals surface area contributed by atoms with E-state index in [1.807, 2.05) is 0 Å². The number of rotatable bonds is 4. The number of hydrogen-bond acceptors (Lipinski definition) is 6. The van der Waals surface area contributed by atoms with E-state index in [1.54, 1.807) is 0 Å². The van der Waals surface area contributed by atoms with E-state index in [1.165, 1.54) is 36.5 Å². The van der Waals surface area contributed by atoms with Gasteiger partial charge in [-0.15, -0.1) is 0 Å². The Kier molecular flexibility index (Phi) is 3.60. The van der Waals surface area contributed by atoms with Crippen LogP contribution in [-0.2, 0) is 6.54 Å². The molecule has 0 radical (unpaired) electrons. The maximum absolute atomic E-state index is 12.3. The molecule has 1 aromatic carbocycles. The van der Waals surface area contributed by atoms with Gasteiger partial charge in [-0.2, -0.15) is 5.10 Å². The Morgan fingerprint density at radius 3 is 2.90 bits per heavy atom. The molecule has 1 amide bonds. The maximum Gasteiger partial charge on any atom is 0.282 e. The van der Waals surface area contributed by atoms with Crippen LogP contribution in [0.25, 0.3) is 0 Å². The predicted octanol–water partition coefficient (Wildman–Crippen LogP) is 0.567. The number of carbonyl (C=O) groups excluding carboxylic acids is 1. The fourth-order valence-corrected chi connectivity index (χ4v) is 1.69. The number of amides is 1. The summed E-state index contributed by atoms with van der Waals surface area (Å²) in [5.41, 5.74) is 5.52. The smallest absolute Gasteiger partial charge is 0.282 e. The Morgan fingerprint density at radius 2 is 2.30 bits per heavy atom. The number of anilines is 1. The zero-order valence-corrected chi connectivity index (χ0v) is 10.6. The van der Waals surface area contributed by atoms with E-state index in [-0.39, 0.29) is 23.5 Å². The van der Waals surface area contributed by atoms with Crippen LogP contribution >= 0.6 is 0 Å². The summed E-state index contributed by atoms with van der Waals surface area (Å²) in [4.78, 5) is 27.8. The van der Waals surface area contributed by atoms with Gasteiger partial charge in [-0.3, -0.25) is 20.0 Å². The quantitative estimate of drug-likeness (QED) is 0.476. The average Bonchev–Trinajstić information content (AvgIpc) is 2.90. The molecule has 0 atom stereocenters. The monoisotopic (exact) mass is 276 g/mol. The first-order valence-corrected chi connectivity index (χ1v) is 5.62. The van der Waals surface area contributed by atoms with Crippen molar-refractivity contribution in [3.8, 4) is 0 Å². The predicted molar refractivity (Wildman–Crippen MR) is 69.7 cm³/mol. The summed E-state index contributed by atoms with van der Waals surface area (Å²) in [5, 5.41) is 17.2. The fraction of sp³-hybridized carbons (Fsp3) is 0.182. The number of aromatic nitrogens is 3. The highest BCUT2D eigenvalue weighted by molar-refractivity contribution is 5.98. The highest BCUT2D eigenvalue weighted by Crippen LogP contribution is 2.22. The first kappa shape index (κ1) is 13.5. The minimum absolute atomic E-state index is 0.0583. The molecule has 0 aliphatic rings. The van der Waals surface area contributed by atoms with Crippen LogP contribution in [0.1, 0.15) is 16.2 Å². The van der Waals surface area contributed by atoms with Gasteiger partial charge < -0.3 is 10.6 Å². The Labute approximate surface area is 113 Å². The molecule has 3 N–H and O–H groups in total. The van der Waals surface area contributed by atoms with Crippen molar-refractivity contribution >= 4 is 17.3 Å². The lowest BCUT2D eigenvalue weighted by molar-refractivity contribution is -0.385. The lowest BCUT2D eigenvalue weighted by atomic mass is 10.1. The Hall–Kier alpha value is -2.97. The SMILES string of the molecule is CN(Cc1ncn[nH]1)C(=O)c1cc(N)ccc1[N+](=O)[O-]. The van der Waals surface area contributed by atoms with Crippen LogP contribution in [0.15, 0.2) is 24.5 Å². The van der Waals surface area contributed by atoms with Gasteiger partial charge in [0.25, 0.3) is 11.6 Å². The van der Waals surface area contributed by atoms with Crippen LogP contribution in [0.3, 0.4) is 0 Å². The van der Waals surface area contributed by atoms with Gasteiger partial charge in [0.1, 0.15) is 17.7 Å². The number of carbonyl (C=O) groups is 1.